The number of rotatable bonds is 6. The molecule has 0 bridgehead atoms. The Hall–Kier alpha value is -3.66. The smallest absolute Gasteiger partial charge is 0.325 e. The average Bonchev–Trinajstić information content (AvgIpc) is 2.74. The fourth-order valence-corrected chi connectivity index (χ4v) is 3.31. The molecule has 1 N–H and O–H groups in total. The third kappa shape index (κ3) is 5.58. The summed E-state index contributed by atoms with van der Waals surface area (Å²) in [6.07, 6.45) is -3.75. The Morgan fingerprint density at radius 2 is 1.73 bits per heavy atom. The van der Waals surface area contributed by atoms with Crippen molar-refractivity contribution in [3.05, 3.63) is 97.3 Å². The molecular formula is C22H17ClF3N3O4. The van der Waals surface area contributed by atoms with Crippen LogP contribution >= 0.6 is 11.6 Å². The second-order valence-electron chi connectivity index (χ2n) is 7.13. The van der Waals surface area contributed by atoms with Gasteiger partial charge in [-0.05, 0) is 30.7 Å². The molecule has 0 atom stereocenters. The van der Waals surface area contributed by atoms with Gasteiger partial charge in [0.1, 0.15) is 6.54 Å². The number of hydrogen-bond donors (Lipinski definition) is 1. The van der Waals surface area contributed by atoms with E-state index in [-0.39, 0.29) is 17.8 Å². The molecule has 0 saturated carbocycles. The van der Waals surface area contributed by atoms with Crippen molar-refractivity contribution in [2.24, 2.45) is 0 Å². The highest BCUT2D eigenvalue weighted by molar-refractivity contribution is 6.31. The van der Waals surface area contributed by atoms with Crippen LogP contribution in [0.2, 0.25) is 5.02 Å². The average molecular weight is 480 g/mol. The lowest BCUT2D eigenvalue weighted by Crippen LogP contribution is -2.43. The van der Waals surface area contributed by atoms with Crippen LogP contribution in [0.15, 0.2) is 64.3 Å². The number of hydrogen-bond acceptors (Lipinski definition) is 4. The summed E-state index contributed by atoms with van der Waals surface area (Å²) >= 11 is 5.57. The number of nitrogens with zero attached hydrogens (tertiary/aromatic N) is 2. The quantitative estimate of drug-likeness (QED) is 0.547. The van der Waals surface area contributed by atoms with Crippen molar-refractivity contribution < 1.29 is 22.8 Å². The zero-order chi connectivity index (χ0) is 24.3. The van der Waals surface area contributed by atoms with Crippen LogP contribution in [0, 0.1) is 0 Å². The van der Waals surface area contributed by atoms with Gasteiger partial charge in [0.2, 0.25) is 5.91 Å². The Morgan fingerprint density at radius 3 is 2.33 bits per heavy atom. The van der Waals surface area contributed by atoms with Gasteiger partial charge in [-0.15, -0.1) is 0 Å². The number of alkyl halides is 3. The molecule has 0 radical (unpaired) electrons. The standard InChI is InChI=1S/C22H17ClF3N3O4/c1-13(30)16-11-28(21(33)29(20(16)32)10-14-5-3-2-4-6-14)12-19(31)27-15-7-8-18(23)17(9-15)22(24,25)26/h2-9,11H,10,12H2,1H3,(H,27,31). The molecule has 0 aliphatic heterocycles. The molecule has 0 aliphatic carbocycles. The third-order valence-corrected chi connectivity index (χ3v) is 5.00. The van der Waals surface area contributed by atoms with Crippen LogP contribution < -0.4 is 16.6 Å². The number of benzene rings is 2. The Morgan fingerprint density at radius 1 is 1.06 bits per heavy atom. The third-order valence-electron chi connectivity index (χ3n) is 4.67. The van der Waals surface area contributed by atoms with Gasteiger partial charge in [0.15, 0.2) is 5.78 Å². The van der Waals surface area contributed by atoms with Gasteiger partial charge < -0.3 is 5.32 Å². The maximum atomic E-state index is 13.0. The second kappa shape index (κ2) is 9.45. The first-order valence-corrected chi connectivity index (χ1v) is 9.91. The molecule has 11 heteroatoms. The lowest BCUT2D eigenvalue weighted by atomic mass is 10.2. The fourth-order valence-electron chi connectivity index (χ4n) is 3.09. The van der Waals surface area contributed by atoms with E-state index < -0.39 is 46.2 Å². The molecule has 0 saturated heterocycles. The van der Waals surface area contributed by atoms with Crippen LogP contribution in [0.25, 0.3) is 0 Å². The van der Waals surface area contributed by atoms with Gasteiger partial charge in [-0.25, -0.2) is 4.79 Å². The van der Waals surface area contributed by atoms with Gasteiger partial charge in [0.25, 0.3) is 5.56 Å². The number of ketones is 1. The predicted molar refractivity (Wildman–Crippen MR) is 116 cm³/mol. The van der Waals surface area contributed by atoms with Gasteiger partial charge in [0, 0.05) is 11.9 Å². The molecule has 3 aromatic rings. The van der Waals surface area contributed by atoms with Crippen LogP contribution in [0.5, 0.6) is 0 Å². The summed E-state index contributed by atoms with van der Waals surface area (Å²) in [6, 6.07) is 11.4. The normalized spacial score (nSPS) is 11.3. The van der Waals surface area contributed by atoms with Crippen LogP contribution in [-0.4, -0.2) is 20.8 Å². The van der Waals surface area contributed by atoms with E-state index in [1.54, 1.807) is 30.3 Å². The first kappa shape index (κ1) is 24.0. The summed E-state index contributed by atoms with van der Waals surface area (Å²) in [7, 11) is 0. The first-order chi connectivity index (χ1) is 15.5. The van der Waals surface area contributed by atoms with Gasteiger partial charge in [-0.1, -0.05) is 41.9 Å². The van der Waals surface area contributed by atoms with Crippen LogP contribution in [0.3, 0.4) is 0 Å². The van der Waals surface area contributed by atoms with Crippen molar-refractivity contribution in [3.63, 3.8) is 0 Å². The highest BCUT2D eigenvalue weighted by Crippen LogP contribution is 2.36. The molecule has 0 fully saturated rings. The van der Waals surface area contributed by atoms with Crippen molar-refractivity contribution in [2.75, 3.05) is 5.32 Å². The molecule has 0 spiro atoms. The minimum Gasteiger partial charge on any atom is -0.325 e. The minimum absolute atomic E-state index is 0.132. The minimum atomic E-state index is -4.72. The molecule has 2 aromatic carbocycles. The number of anilines is 1. The van der Waals surface area contributed by atoms with E-state index in [0.717, 1.165) is 28.3 Å². The Kier molecular flexibility index (Phi) is 6.87. The SMILES string of the molecule is CC(=O)c1cn(CC(=O)Nc2ccc(Cl)c(C(F)(F)F)c2)c(=O)n(Cc2ccccc2)c1=O. The molecule has 1 amide bonds. The largest absolute Gasteiger partial charge is 0.417 e. The number of Topliss-reactive ketones (excluding diaryl/α,β-unsaturated/α-hetero) is 1. The monoisotopic (exact) mass is 479 g/mol. The lowest BCUT2D eigenvalue weighted by Gasteiger charge is -2.14. The highest BCUT2D eigenvalue weighted by atomic mass is 35.5. The van der Waals surface area contributed by atoms with E-state index in [2.05, 4.69) is 5.32 Å². The van der Waals surface area contributed by atoms with E-state index in [0.29, 0.717) is 11.6 Å². The van der Waals surface area contributed by atoms with Crippen molar-refractivity contribution in [1.29, 1.82) is 0 Å². The number of carbonyl (C=O) groups excluding carboxylic acids is 2. The van der Waals surface area contributed by atoms with E-state index in [9.17, 15) is 32.3 Å². The van der Waals surface area contributed by atoms with Gasteiger partial charge in [0.05, 0.1) is 22.7 Å². The van der Waals surface area contributed by atoms with Gasteiger partial charge in [-0.3, -0.25) is 23.5 Å². The van der Waals surface area contributed by atoms with Crippen molar-refractivity contribution >= 4 is 29.0 Å². The summed E-state index contributed by atoms with van der Waals surface area (Å²) in [5.74, 6) is -1.45. The summed E-state index contributed by atoms with van der Waals surface area (Å²) in [5, 5.41) is 1.73. The zero-order valence-electron chi connectivity index (χ0n) is 17.1. The molecule has 7 nitrogen and oxygen atoms in total. The molecule has 0 unspecified atom stereocenters. The van der Waals surface area contributed by atoms with Gasteiger partial charge >= 0.3 is 11.9 Å². The number of halogens is 4. The van der Waals surface area contributed by atoms with Crippen molar-refractivity contribution in [3.8, 4) is 0 Å². The van der Waals surface area contributed by atoms with Gasteiger partial charge in [-0.2, -0.15) is 13.2 Å². The summed E-state index contributed by atoms with van der Waals surface area (Å²) in [4.78, 5) is 49.9. The Balaban J connectivity index is 1.93. The number of aromatic nitrogens is 2. The summed E-state index contributed by atoms with van der Waals surface area (Å²) in [5.41, 5.74) is -2.65. The van der Waals surface area contributed by atoms with E-state index >= 15 is 0 Å². The Labute approximate surface area is 190 Å². The molecule has 33 heavy (non-hydrogen) atoms. The number of carbonyl (C=O) groups is 2. The molecule has 172 valence electrons. The maximum Gasteiger partial charge on any atom is 0.417 e. The highest BCUT2D eigenvalue weighted by Gasteiger charge is 2.33. The molecule has 0 aliphatic rings. The predicted octanol–water partition coefficient (Wildman–Crippen LogP) is 3.57. The number of nitrogens with one attached hydrogen (secondary N) is 1. The topological polar surface area (TPSA) is 90.2 Å². The second-order valence-corrected chi connectivity index (χ2v) is 7.53. The fraction of sp³-hybridized carbons (Fsp3) is 0.182. The summed E-state index contributed by atoms with van der Waals surface area (Å²) in [6.45, 7) is 0.371. The molecular weight excluding hydrogens is 463 g/mol. The Bertz CT molecular complexity index is 1330. The number of amides is 1. The van der Waals surface area contributed by atoms with E-state index in [4.69, 9.17) is 11.6 Å². The van der Waals surface area contributed by atoms with Crippen LogP contribution in [0.4, 0.5) is 18.9 Å². The molecule has 1 heterocycles. The van der Waals surface area contributed by atoms with Crippen LogP contribution in [0.1, 0.15) is 28.4 Å². The van der Waals surface area contributed by atoms with Crippen molar-refractivity contribution in [2.45, 2.75) is 26.2 Å². The van der Waals surface area contributed by atoms with Crippen molar-refractivity contribution in [1.82, 2.24) is 9.13 Å². The lowest BCUT2D eigenvalue weighted by molar-refractivity contribution is -0.137. The maximum absolute atomic E-state index is 13.0. The zero-order valence-corrected chi connectivity index (χ0v) is 17.9. The molecule has 1 aromatic heterocycles. The van der Waals surface area contributed by atoms with E-state index in [1.165, 1.54) is 6.07 Å². The summed E-state index contributed by atoms with van der Waals surface area (Å²) < 4.78 is 40.8. The van der Waals surface area contributed by atoms with E-state index in [1.807, 2.05) is 0 Å². The molecule has 3 rings (SSSR count). The first-order valence-electron chi connectivity index (χ1n) is 9.53. The van der Waals surface area contributed by atoms with Crippen LogP contribution in [-0.2, 0) is 24.1 Å².